The van der Waals surface area contributed by atoms with Crippen LogP contribution in [0.15, 0.2) is 18.2 Å². The molecule has 2 aliphatic carbocycles. The van der Waals surface area contributed by atoms with E-state index in [1.807, 2.05) is 0 Å². The van der Waals surface area contributed by atoms with Crippen molar-refractivity contribution in [2.75, 3.05) is 13.7 Å². The van der Waals surface area contributed by atoms with Crippen molar-refractivity contribution in [3.8, 4) is 5.75 Å². The van der Waals surface area contributed by atoms with Gasteiger partial charge in [0.1, 0.15) is 5.75 Å². The number of aliphatic hydroxyl groups excluding tert-OH is 1. The third-order valence-electron chi connectivity index (χ3n) is 4.90. The van der Waals surface area contributed by atoms with Gasteiger partial charge in [0.05, 0.1) is 13.2 Å². The van der Waals surface area contributed by atoms with Crippen LogP contribution in [0.1, 0.15) is 49.3 Å². The highest BCUT2D eigenvalue weighted by molar-refractivity contribution is 5.40. The van der Waals surface area contributed by atoms with E-state index in [1.165, 1.54) is 24.0 Å². The number of aliphatic hydroxyl groups is 1. The first-order valence-electron chi connectivity index (χ1n) is 7.84. The Morgan fingerprint density at radius 3 is 2.75 bits per heavy atom. The predicted molar refractivity (Wildman–Crippen MR) is 80.0 cm³/mol. The molecule has 1 unspecified atom stereocenters. The van der Waals surface area contributed by atoms with Gasteiger partial charge < -0.3 is 15.2 Å². The van der Waals surface area contributed by atoms with Crippen molar-refractivity contribution in [1.29, 1.82) is 0 Å². The Morgan fingerprint density at radius 2 is 2.00 bits per heavy atom. The third kappa shape index (κ3) is 2.99. The van der Waals surface area contributed by atoms with Crippen LogP contribution in [0, 0.1) is 5.92 Å². The predicted octanol–water partition coefficient (Wildman–Crippen LogP) is 2.82. The summed E-state index contributed by atoms with van der Waals surface area (Å²) in [4.78, 5) is 0. The van der Waals surface area contributed by atoms with Crippen LogP contribution in [0.2, 0.25) is 0 Å². The molecule has 3 heteroatoms. The number of nitrogens with one attached hydrogen (secondary N) is 1. The van der Waals surface area contributed by atoms with Gasteiger partial charge in [0.2, 0.25) is 0 Å². The van der Waals surface area contributed by atoms with E-state index in [9.17, 15) is 5.11 Å². The lowest BCUT2D eigenvalue weighted by Crippen LogP contribution is -2.30. The van der Waals surface area contributed by atoms with Crippen LogP contribution in [0.3, 0.4) is 0 Å². The van der Waals surface area contributed by atoms with Gasteiger partial charge in [-0.1, -0.05) is 6.07 Å². The molecule has 0 spiro atoms. The second kappa shape index (κ2) is 6.15. The fraction of sp³-hybridized carbons (Fsp3) is 0.647. The van der Waals surface area contributed by atoms with E-state index >= 15 is 0 Å². The van der Waals surface area contributed by atoms with Crippen molar-refractivity contribution in [3.05, 3.63) is 29.3 Å². The van der Waals surface area contributed by atoms with Gasteiger partial charge in [0.15, 0.2) is 0 Å². The summed E-state index contributed by atoms with van der Waals surface area (Å²) in [6, 6.07) is 6.92. The maximum Gasteiger partial charge on any atom is 0.119 e. The van der Waals surface area contributed by atoms with E-state index < -0.39 is 0 Å². The standard InChI is InChI=1S/C17H25NO2/c1-20-15-8-4-13-5-9-17(16(13)10-15)18-11-12-2-6-14(19)7-3-12/h4,8,10,12,14,17-19H,2-3,5-7,9,11H2,1H3. The minimum absolute atomic E-state index is 0.0530. The average Bonchev–Trinajstić information content (AvgIpc) is 2.89. The van der Waals surface area contributed by atoms with Crippen LogP contribution in [0.25, 0.3) is 0 Å². The lowest BCUT2D eigenvalue weighted by atomic mass is 9.87. The van der Waals surface area contributed by atoms with Crippen LogP contribution in [0.4, 0.5) is 0 Å². The molecule has 110 valence electrons. The number of benzene rings is 1. The van der Waals surface area contributed by atoms with Gasteiger partial charge in [-0.05, 0) is 74.2 Å². The van der Waals surface area contributed by atoms with Crippen LogP contribution >= 0.6 is 0 Å². The second-order valence-corrected chi connectivity index (χ2v) is 6.24. The van der Waals surface area contributed by atoms with Crippen molar-refractivity contribution in [3.63, 3.8) is 0 Å². The fourth-order valence-electron chi connectivity index (χ4n) is 3.58. The van der Waals surface area contributed by atoms with Gasteiger partial charge in [-0.3, -0.25) is 0 Å². The van der Waals surface area contributed by atoms with Crippen molar-refractivity contribution < 1.29 is 9.84 Å². The summed E-state index contributed by atoms with van der Waals surface area (Å²) in [5.41, 5.74) is 2.88. The average molecular weight is 275 g/mol. The summed E-state index contributed by atoms with van der Waals surface area (Å²) in [6.07, 6.45) is 6.57. The number of hydrogen-bond acceptors (Lipinski definition) is 3. The Labute approximate surface area is 121 Å². The van der Waals surface area contributed by atoms with E-state index in [1.54, 1.807) is 7.11 Å². The minimum atomic E-state index is -0.0530. The van der Waals surface area contributed by atoms with Gasteiger partial charge in [0, 0.05) is 6.04 Å². The Kier molecular flexibility index (Phi) is 4.27. The highest BCUT2D eigenvalue weighted by atomic mass is 16.5. The van der Waals surface area contributed by atoms with Crippen LogP contribution in [0.5, 0.6) is 5.75 Å². The molecule has 1 atom stereocenters. The van der Waals surface area contributed by atoms with E-state index in [4.69, 9.17) is 4.74 Å². The number of rotatable bonds is 4. The molecule has 0 aliphatic heterocycles. The number of hydrogen-bond donors (Lipinski definition) is 2. The van der Waals surface area contributed by atoms with Gasteiger partial charge >= 0.3 is 0 Å². The smallest absolute Gasteiger partial charge is 0.119 e. The summed E-state index contributed by atoms with van der Waals surface area (Å²) >= 11 is 0. The highest BCUT2D eigenvalue weighted by Crippen LogP contribution is 2.34. The van der Waals surface area contributed by atoms with E-state index in [0.29, 0.717) is 6.04 Å². The number of ether oxygens (including phenoxy) is 1. The molecule has 1 saturated carbocycles. The molecular formula is C17H25NO2. The van der Waals surface area contributed by atoms with Crippen molar-refractivity contribution >= 4 is 0 Å². The largest absolute Gasteiger partial charge is 0.497 e. The van der Waals surface area contributed by atoms with Crippen LogP contribution in [-0.2, 0) is 6.42 Å². The van der Waals surface area contributed by atoms with Crippen molar-refractivity contribution in [2.24, 2.45) is 5.92 Å². The Morgan fingerprint density at radius 1 is 1.20 bits per heavy atom. The molecule has 20 heavy (non-hydrogen) atoms. The maximum atomic E-state index is 9.56. The summed E-state index contributed by atoms with van der Waals surface area (Å²) in [6.45, 7) is 1.08. The quantitative estimate of drug-likeness (QED) is 0.888. The van der Waals surface area contributed by atoms with Gasteiger partial charge in [-0.15, -0.1) is 0 Å². The van der Waals surface area contributed by atoms with Crippen LogP contribution < -0.4 is 10.1 Å². The third-order valence-corrected chi connectivity index (χ3v) is 4.90. The molecule has 0 saturated heterocycles. The first kappa shape index (κ1) is 13.9. The SMILES string of the molecule is COc1ccc2c(c1)C(NCC1CCC(O)CC1)CC2. The van der Waals surface area contributed by atoms with E-state index in [0.717, 1.165) is 43.9 Å². The highest BCUT2D eigenvalue weighted by Gasteiger charge is 2.25. The molecule has 0 amide bonds. The maximum absolute atomic E-state index is 9.56. The zero-order valence-electron chi connectivity index (χ0n) is 12.3. The fourth-order valence-corrected chi connectivity index (χ4v) is 3.58. The molecule has 0 bridgehead atoms. The second-order valence-electron chi connectivity index (χ2n) is 6.24. The van der Waals surface area contributed by atoms with Crippen molar-refractivity contribution in [2.45, 2.75) is 50.7 Å². The molecule has 1 aromatic rings. The number of fused-ring (bicyclic) bond motifs is 1. The molecule has 1 aromatic carbocycles. The Bertz CT molecular complexity index is 452. The van der Waals surface area contributed by atoms with E-state index in [2.05, 4.69) is 23.5 Å². The molecule has 1 fully saturated rings. The van der Waals surface area contributed by atoms with Crippen molar-refractivity contribution in [1.82, 2.24) is 5.32 Å². The number of aryl methyl sites for hydroxylation is 1. The van der Waals surface area contributed by atoms with Gasteiger partial charge in [-0.2, -0.15) is 0 Å². The summed E-state index contributed by atoms with van der Waals surface area (Å²) in [5.74, 6) is 1.69. The topological polar surface area (TPSA) is 41.5 Å². The Balaban J connectivity index is 1.58. The minimum Gasteiger partial charge on any atom is -0.497 e. The summed E-state index contributed by atoms with van der Waals surface area (Å²) < 4.78 is 5.34. The van der Waals surface area contributed by atoms with E-state index in [-0.39, 0.29) is 6.10 Å². The van der Waals surface area contributed by atoms with Gasteiger partial charge in [0.25, 0.3) is 0 Å². The lowest BCUT2D eigenvalue weighted by Gasteiger charge is -2.27. The number of methoxy groups -OCH3 is 1. The zero-order valence-corrected chi connectivity index (χ0v) is 12.3. The Hall–Kier alpha value is -1.06. The summed E-state index contributed by atoms with van der Waals surface area (Å²) in [5, 5.41) is 13.3. The lowest BCUT2D eigenvalue weighted by molar-refractivity contribution is 0.107. The zero-order chi connectivity index (χ0) is 13.9. The normalized spacial score (nSPS) is 29.2. The molecular weight excluding hydrogens is 250 g/mol. The van der Waals surface area contributed by atoms with Gasteiger partial charge in [-0.25, -0.2) is 0 Å². The molecule has 3 rings (SSSR count). The summed E-state index contributed by atoms with van der Waals surface area (Å²) in [7, 11) is 1.73. The molecule has 0 aromatic heterocycles. The molecule has 2 N–H and O–H groups in total. The molecule has 0 heterocycles. The first-order valence-corrected chi connectivity index (χ1v) is 7.84. The molecule has 3 nitrogen and oxygen atoms in total. The van der Waals surface area contributed by atoms with Crippen LogP contribution in [-0.4, -0.2) is 24.9 Å². The first-order chi connectivity index (χ1) is 9.76. The molecule has 0 radical (unpaired) electrons. The molecule has 2 aliphatic rings. The monoisotopic (exact) mass is 275 g/mol.